The summed E-state index contributed by atoms with van der Waals surface area (Å²) in [5.74, 6) is -2.76. The highest BCUT2D eigenvalue weighted by atomic mass is 35.5. The number of amides is 3. The van der Waals surface area contributed by atoms with E-state index in [0.717, 1.165) is 22.5 Å². The minimum absolute atomic E-state index is 0.00222. The van der Waals surface area contributed by atoms with Crippen molar-refractivity contribution in [3.63, 3.8) is 0 Å². The molecule has 10 heteroatoms. The number of carbonyl (C=O) groups is 4. The molecule has 2 bridgehead atoms. The summed E-state index contributed by atoms with van der Waals surface area (Å²) in [6, 6.07) is 11.0. The predicted molar refractivity (Wildman–Crippen MR) is 126 cm³/mol. The van der Waals surface area contributed by atoms with Gasteiger partial charge in [0.15, 0.2) is 5.78 Å². The van der Waals surface area contributed by atoms with Gasteiger partial charge in [0, 0.05) is 28.3 Å². The molecule has 36 heavy (non-hydrogen) atoms. The van der Waals surface area contributed by atoms with Crippen LogP contribution >= 0.6 is 11.6 Å². The minimum atomic E-state index is -0.712. The smallest absolute Gasteiger partial charge is 0.273 e. The molecular formula is C26H20ClN3O6. The van der Waals surface area contributed by atoms with E-state index in [2.05, 4.69) is 0 Å². The number of carbonyl (C=O) groups excluding carboxylic acids is 4. The number of allylic oxidation sites excluding steroid dienone is 2. The second-order valence-corrected chi connectivity index (χ2v) is 10.2. The zero-order chi connectivity index (χ0) is 25.3. The van der Waals surface area contributed by atoms with Crippen LogP contribution in [-0.2, 0) is 9.59 Å². The first-order chi connectivity index (χ1) is 17.3. The quantitative estimate of drug-likeness (QED) is 0.195. The van der Waals surface area contributed by atoms with Gasteiger partial charge in [0.1, 0.15) is 6.54 Å². The molecule has 3 fully saturated rings. The third-order valence-electron chi connectivity index (χ3n) is 7.88. The van der Waals surface area contributed by atoms with Crippen molar-refractivity contribution in [1.82, 2.24) is 10.0 Å². The Labute approximate surface area is 210 Å². The molecule has 5 aliphatic rings. The molecule has 0 spiro atoms. The zero-order valence-electron chi connectivity index (χ0n) is 18.8. The highest BCUT2D eigenvalue weighted by molar-refractivity contribution is 6.30. The van der Waals surface area contributed by atoms with Crippen molar-refractivity contribution in [3.8, 4) is 0 Å². The average molecular weight is 506 g/mol. The number of nitro groups is 1. The molecule has 4 aliphatic carbocycles. The van der Waals surface area contributed by atoms with Gasteiger partial charge in [0.05, 0.1) is 16.8 Å². The van der Waals surface area contributed by atoms with Gasteiger partial charge in [-0.05, 0) is 54.4 Å². The number of imide groups is 1. The number of hydrogen-bond acceptors (Lipinski definition) is 6. The lowest BCUT2D eigenvalue weighted by molar-refractivity contribution is -0.384. The van der Waals surface area contributed by atoms with Crippen molar-refractivity contribution in [2.75, 3.05) is 6.54 Å². The van der Waals surface area contributed by atoms with Gasteiger partial charge < -0.3 is 0 Å². The standard InChI is InChI=1S/C26H20ClN3O6/c27-15-6-4-13(5-7-15)24(32)28(12-21(31)14-2-1-3-16(10-14)30(35)36)29-25(33)22-17-8-9-18(20-11-19(17)20)23(22)26(29)34/h1-10,17-20,22-23H,11-12H2/t17-,18-,19-,20+,22-,23+/m0/s1. The molecule has 6 atom stereocenters. The van der Waals surface area contributed by atoms with Crippen LogP contribution in [0.1, 0.15) is 27.1 Å². The molecule has 3 amide bonds. The van der Waals surface area contributed by atoms with Crippen LogP contribution in [0.5, 0.6) is 0 Å². The molecule has 2 saturated carbocycles. The number of hydrazine groups is 1. The first-order valence-corrected chi connectivity index (χ1v) is 12.0. The van der Waals surface area contributed by atoms with Crippen molar-refractivity contribution in [3.05, 3.63) is 86.9 Å². The molecule has 9 nitrogen and oxygen atoms in total. The molecule has 0 radical (unpaired) electrons. The van der Waals surface area contributed by atoms with Crippen LogP contribution in [-0.4, -0.2) is 45.0 Å². The summed E-state index contributed by atoms with van der Waals surface area (Å²) in [6.07, 6.45) is 5.04. The van der Waals surface area contributed by atoms with Crippen LogP contribution in [0.15, 0.2) is 60.7 Å². The maximum absolute atomic E-state index is 13.7. The topological polar surface area (TPSA) is 118 Å². The van der Waals surface area contributed by atoms with Crippen LogP contribution in [0.4, 0.5) is 5.69 Å². The first kappa shape index (κ1) is 22.6. The summed E-state index contributed by atoms with van der Waals surface area (Å²) in [5.41, 5.74) is -0.138. The van der Waals surface area contributed by atoms with Gasteiger partial charge in [-0.25, -0.2) is 5.01 Å². The molecule has 0 aromatic heterocycles. The van der Waals surface area contributed by atoms with E-state index < -0.39 is 46.8 Å². The second-order valence-electron chi connectivity index (χ2n) is 9.74. The number of nitro benzene ring substituents is 1. The van der Waals surface area contributed by atoms with E-state index in [1.807, 2.05) is 12.2 Å². The predicted octanol–water partition coefficient (Wildman–Crippen LogP) is 3.54. The molecule has 2 aromatic carbocycles. The highest BCUT2D eigenvalue weighted by Gasteiger charge is 2.68. The first-order valence-electron chi connectivity index (χ1n) is 11.7. The fraction of sp³-hybridized carbons (Fsp3) is 0.308. The number of Topliss-reactive ketones (excluding diaryl/α,β-unsaturated/α-hetero) is 1. The van der Waals surface area contributed by atoms with E-state index in [1.165, 1.54) is 42.5 Å². The van der Waals surface area contributed by atoms with Crippen LogP contribution in [0.3, 0.4) is 0 Å². The van der Waals surface area contributed by atoms with Gasteiger partial charge in [-0.3, -0.25) is 29.3 Å². The maximum Gasteiger partial charge on any atom is 0.273 e. The van der Waals surface area contributed by atoms with E-state index in [9.17, 15) is 29.3 Å². The third kappa shape index (κ3) is 3.37. The minimum Gasteiger partial charge on any atom is -0.292 e. The molecule has 182 valence electrons. The third-order valence-corrected chi connectivity index (χ3v) is 8.13. The van der Waals surface area contributed by atoms with Crippen molar-refractivity contribution in [2.45, 2.75) is 6.42 Å². The van der Waals surface area contributed by atoms with Gasteiger partial charge in [0.25, 0.3) is 23.4 Å². The van der Waals surface area contributed by atoms with E-state index in [0.29, 0.717) is 16.9 Å². The molecule has 1 aliphatic heterocycles. The number of hydrogen-bond donors (Lipinski definition) is 0. The maximum atomic E-state index is 13.7. The Morgan fingerprint density at radius 2 is 1.58 bits per heavy atom. The Morgan fingerprint density at radius 3 is 2.17 bits per heavy atom. The summed E-state index contributed by atoms with van der Waals surface area (Å²) in [4.78, 5) is 64.7. The zero-order valence-corrected chi connectivity index (χ0v) is 19.6. The molecule has 2 aromatic rings. The van der Waals surface area contributed by atoms with Crippen molar-refractivity contribution in [2.24, 2.45) is 35.5 Å². The number of benzene rings is 2. The lowest BCUT2D eigenvalue weighted by Gasteiger charge is -2.37. The molecule has 1 saturated heterocycles. The van der Waals surface area contributed by atoms with Gasteiger partial charge >= 0.3 is 0 Å². The number of ketones is 1. The summed E-state index contributed by atoms with van der Waals surface area (Å²) in [6.45, 7) is -0.630. The summed E-state index contributed by atoms with van der Waals surface area (Å²) >= 11 is 5.95. The SMILES string of the molecule is O=C(CN(C(=O)c1ccc(Cl)cc1)N1C(=O)[C@@H]2[C@H]3C=C[C@@H]([C@@H]4C[C@H]34)[C@@H]2C1=O)c1cccc([N+](=O)[O-])c1. The van der Waals surface area contributed by atoms with Gasteiger partial charge in [-0.15, -0.1) is 0 Å². The fourth-order valence-electron chi connectivity index (χ4n) is 6.17. The summed E-state index contributed by atoms with van der Waals surface area (Å²) < 4.78 is 0. The monoisotopic (exact) mass is 505 g/mol. The van der Waals surface area contributed by atoms with E-state index >= 15 is 0 Å². The molecular weight excluding hydrogens is 486 g/mol. The number of non-ortho nitro benzene ring substituents is 1. The largest absolute Gasteiger partial charge is 0.292 e. The van der Waals surface area contributed by atoms with Crippen LogP contribution in [0.25, 0.3) is 0 Å². The Kier molecular flexibility index (Phi) is 5.08. The number of halogens is 1. The van der Waals surface area contributed by atoms with E-state index in [-0.39, 0.29) is 28.7 Å². The lowest BCUT2D eigenvalue weighted by Crippen LogP contribution is -2.52. The highest BCUT2D eigenvalue weighted by Crippen LogP contribution is 2.65. The second kappa shape index (κ2) is 8.09. The fourth-order valence-corrected chi connectivity index (χ4v) is 6.30. The molecule has 0 unspecified atom stereocenters. The summed E-state index contributed by atoms with van der Waals surface area (Å²) in [7, 11) is 0. The van der Waals surface area contributed by atoms with Crippen molar-refractivity contribution >= 4 is 40.8 Å². The Hall–Kier alpha value is -3.85. The molecule has 0 N–H and O–H groups in total. The Morgan fingerprint density at radius 1 is 0.972 bits per heavy atom. The van der Waals surface area contributed by atoms with E-state index in [4.69, 9.17) is 11.6 Å². The normalized spacial score (nSPS) is 29.1. The van der Waals surface area contributed by atoms with Gasteiger partial charge in [0.2, 0.25) is 0 Å². The lowest BCUT2D eigenvalue weighted by atomic mass is 9.63. The number of nitrogens with zero attached hydrogens (tertiary/aromatic N) is 3. The van der Waals surface area contributed by atoms with Gasteiger partial charge in [-0.2, -0.15) is 5.01 Å². The Bertz CT molecular complexity index is 1340. The summed E-state index contributed by atoms with van der Waals surface area (Å²) in [5, 5.41) is 13.3. The van der Waals surface area contributed by atoms with Crippen LogP contribution in [0, 0.1) is 45.6 Å². The van der Waals surface area contributed by atoms with Crippen LogP contribution in [0.2, 0.25) is 5.02 Å². The molecule has 7 rings (SSSR count). The van der Waals surface area contributed by atoms with Crippen LogP contribution < -0.4 is 0 Å². The van der Waals surface area contributed by atoms with Crippen molar-refractivity contribution in [1.29, 1.82) is 0 Å². The number of rotatable bonds is 6. The average Bonchev–Trinajstić information content (AvgIpc) is 3.66. The van der Waals surface area contributed by atoms with E-state index in [1.54, 1.807) is 0 Å². The van der Waals surface area contributed by atoms with Gasteiger partial charge in [-0.1, -0.05) is 35.9 Å². The Balaban J connectivity index is 1.36. The molecule has 1 heterocycles. The van der Waals surface area contributed by atoms with Crippen molar-refractivity contribution < 1.29 is 24.1 Å².